The van der Waals surface area contributed by atoms with Crippen molar-refractivity contribution in [2.24, 2.45) is 0 Å². The first-order valence-electron chi connectivity index (χ1n) is 5.72. The van der Waals surface area contributed by atoms with Gasteiger partial charge in [0.05, 0.1) is 6.54 Å². The Balaban J connectivity index is 2.04. The van der Waals surface area contributed by atoms with Gasteiger partial charge in [-0.15, -0.1) is 0 Å². The second-order valence-electron chi connectivity index (χ2n) is 4.76. The molecule has 3 nitrogen and oxygen atoms in total. The van der Waals surface area contributed by atoms with Crippen molar-refractivity contribution in [1.29, 1.82) is 0 Å². The first kappa shape index (κ1) is 9.97. The summed E-state index contributed by atoms with van der Waals surface area (Å²) >= 11 is 0. The molecule has 0 radical (unpaired) electrons. The van der Waals surface area contributed by atoms with E-state index in [9.17, 15) is 4.79 Å². The Morgan fingerprint density at radius 1 is 1.36 bits per heavy atom. The standard InChI is InChI=1S/C11H20N2O/c1-9(2)12-7-10-5-3-4-6-13(10)11(14)8-12/h9-10H,3-8H2,1-2H3/t10-/m1/s1. The number of carbonyl (C=O) groups excluding carboxylic acids is 1. The second kappa shape index (κ2) is 3.89. The van der Waals surface area contributed by atoms with Crippen LogP contribution in [0.25, 0.3) is 0 Å². The zero-order valence-corrected chi connectivity index (χ0v) is 9.20. The van der Waals surface area contributed by atoms with E-state index in [-0.39, 0.29) is 0 Å². The summed E-state index contributed by atoms with van der Waals surface area (Å²) in [6.07, 6.45) is 3.69. The molecule has 2 rings (SSSR count). The largest absolute Gasteiger partial charge is 0.337 e. The zero-order chi connectivity index (χ0) is 10.1. The van der Waals surface area contributed by atoms with Gasteiger partial charge in [0.1, 0.15) is 0 Å². The molecular weight excluding hydrogens is 176 g/mol. The molecule has 2 aliphatic heterocycles. The van der Waals surface area contributed by atoms with Crippen LogP contribution in [-0.4, -0.2) is 47.4 Å². The Kier molecular flexibility index (Phi) is 2.77. The zero-order valence-electron chi connectivity index (χ0n) is 9.20. The van der Waals surface area contributed by atoms with Crippen LogP contribution in [0.4, 0.5) is 0 Å². The lowest BCUT2D eigenvalue weighted by Gasteiger charge is -2.45. The summed E-state index contributed by atoms with van der Waals surface area (Å²) in [7, 11) is 0. The summed E-state index contributed by atoms with van der Waals surface area (Å²) in [4.78, 5) is 16.2. The monoisotopic (exact) mass is 196 g/mol. The van der Waals surface area contributed by atoms with Crippen molar-refractivity contribution >= 4 is 5.91 Å². The van der Waals surface area contributed by atoms with Gasteiger partial charge in [0.2, 0.25) is 5.91 Å². The quantitative estimate of drug-likeness (QED) is 0.627. The van der Waals surface area contributed by atoms with Crippen LogP contribution in [-0.2, 0) is 4.79 Å². The molecule has 0 bridgehead atoms. The molecule has 80 valence electrons. The fraction of sp³-hybridized carbons (Fsp3) is 0.909. The number of hydrogen-bond donors (Lipinski definition) is 0. The first-order valence-corrected chi connectivity index (χ1v) is 5.72. The summed E-state index contributed by atoms with van der Waals surface area (Å²) < 4.78 is 0. The molecule has 2 saturated heterocycles. The molecule has 0 aliphatic carbocycles. The van der Waals surface area contributed by atoms with Gasteiger partial charge in [0.25, 0.3) is 0 Å². The van der Waals surface area contributed by atoms with Gasteiger partial charge < -0.3 is 4.90 Å². The van der Waals surface area contributed by atoms with Gasteiger partial charge in [-0.3, -0.25) is 9.69 Å². The van der Waals surface area contributed by atoms with Crippen molar-refractivity contribution in [3.05, 3.63) is 0 Å². The van der Waals surface area contributed by atoms with Crippen LogP contribution in [0.15, 0.2) is 0 Å². The van der Waals surface area contributed by atoms with Gasteiger partial charge in [-0.25, -0.2) is 0 Å². The van der Waals surface area contributed by atoms with E-state index < -0.39 is 0 Å². The van der Waals surface area contributed by atoms with Crippen LogP contribution in [0.2, 0.25) is 0 Å². The van der Waals surface area contributed by atoms with E-state index in [0.717, 1.165) is 13.1 Å². The fourth-order valence-electron chi connectivity index (χ4n) is 2.51. The van der Waals surface area contributed by atoms with Gasteiger partial charge in [-0.05, 0) is 33.1 Å². The third-order valence-electron chi connectivity index (χ3n) is 3.46. The Labute approximate surface area is 86.1 Å². The molecule has 1 amide bonds. The van der Waals surface area contributed by atoms with Gasteiger partial charge in [-0.1, -0.05) is 0 Å². The Morgan fingerprint density at radius 2 is 2.14 bits per heavy atom. The Morgan fingerprint density at radius 3 is 2.86 bits per heavy atom. The normalized spacial score (nSPS) is 29.5. The molecule has 0 aromatic rings. The van der Waals surface area contributed by atoms with Crippen molar-refractivity contribution in [2.45, 2.75) is 45.2 Å². The molecule has 1 atom stereocenters. The smallest absolute Gasteiger partial charge is 0.237 e. The lowest BCUT2D eigenvalue weighted by Crippen LogP contribution is -2.59. The molecule has 0 aromatic heterocycles. The second-order valence-corrected chi connectivity index (χ2v) is 4.76. The molecule has 0 saturated carbocycles. The van der Waals surface area contributed by atoms with Crippen LogP contribution in [0.3, 0.4) is 0 Å². The maximum absolute atomic E-state index is 11.8. The summed E-state index contributed by atoms with van der Waals surface area (Å²) in [5.41, 5.74) is 0. The number of fused-ring (bicyclic) bond motifs is 1. The molecule has 0 aromatic carbocycles. The van der Waals surface area contributed by atoms with E-state index in [1.807, 2.05) is 0 Å². The number of amides is 1. The highest BCUT2D eigenvalue weighted by atomic mass is 16.2. The summed E-state index contributed by atoms with van der Waals surface area (Å²) in [5.74, 6) is 0.342. The average Bonchev–Trinajstić information content (AvgIpc) is 2.17. The van der Waals surface area contributed by atoms with E-state index in [0.29, 0.717) is 24.5 Å². The maximum atomic E-state index is 11.8. The van der Waals surface area contributed by atoms with Crippen LogP contribution in [0.1, 0.15) is 33.1 Å². The molecule has 2 fully saturated rings. The minimum Gasteiger partial charge on any atom is -0.337 e. The highest BCUT2D eigenvalue weighted by molar-refractivity contribution is 5.79. The highest BCUT2D eigenvalue weighted by Gasteiger charge is 2.34. The molecule has 3 heteroatoms. The van der Waals surface area contributed by atoms with Crippen molar-refractivity contribution in [3.8, 4) is 0 Å². The molecule has 14 heavy (non-hydrogen) atoms. The lowest BCUT2D eigenvalue weighted by molar-refractivity contribution is -0.142. The molecule has 0 N–H and O–H groups in total. The molecule has 0 spiro atoms. The Hall–Kier alpha value is -0.570. The van der Waals surface area contributed by atoms with Crippen molar-refractivity contribution < 1.29 is 4.79 Å². The fourth-order valence-corrected chi connectivity index (χ4v) is 2.51. The topological polar surface area (TPSA) is 23.6 Å². The Bertz CT molecular complexity index is 227. The number of carbonyl (C=O) groups is 1. The van der Waals surface area contributed by atoms with Gasteiger partial charge in [0, 0.05) is 25.2 Å². The predicted molar refractivity (Wildman–Crippen MR) is 56.1 cm³/mol. The number of piperidine rings is 1. The SMILES string of the molecule is CC(C)N1CC(=O)N2CCCC[C@@H]2C1. The maximum Gasteiger partial charge on any atom is 0.237 e. The van der Waals surface area contributed by atoms with Gasteiger partial charge in [-0.2, -0.15) is 0 Å². The first-order chi connectivity index (χ1) is 6.68. The van der Waals surface area contributed by atoms with Crippen LogP contribution in [0, 0.1) is 0 Å². The number of rotatable bonds is 1. The third-order valence-corrected chi connectivity index (χ3v) is 3.46. The summed E-state index contributed by atoms with van der Waals surface area (Å²) in [6, 6.07) is 1.01. The molecule has 2 heterocycles. The van der Waals surface area contributed by atoms with Crippen LogP contribution in [0.5, 0.6) is 0 Å². The van der Waals surface area contributed by atoms with E-state index in [1.54, 1.807) is 0 Å². The summed E-state index contributed by atoms with van der Waals surface area (Å²) in [6.45, 7) is 7.06. The number of nitrogens with zero attached hydrogens (tertiary/aromatic N) is 2. The average molecular weight is 196 g/mol. The van der Waals surface area contributed by atoms with E-state index in [4.69, 9.17) is 0 Å². The molecular formula is C11H20N2O. The third kappa shape index (κ3) is 1.78. The minimum absolute atomic E-state index is 0.342. The highest BCUT2D eigenvalue weighted by Crippen LogP contribution is 2.22. The van der Waals surface area contributed by atoms with E-state index in [1.165, 1.54) is 19.3 Å². The number of piperazine rings is 1. The van der Waals surface area contributed by atoms with Crippen LogP contribution >= 0.6 is 0 Å². The van der Waals surface area contributed by atoms with Crippen molar-refractivity contribution in [3.63, 3.8) is 0 Å². The molecule has 2 aliphatic rings. The lowest BCUT2D eigenvalue weighted by atomic mass is 9.98. The molecule has 0 unspecified atom stereocenters. The number of hydrogen-bond acceptors (Lipinski definition) is 2. The van der Waals surface area contributed by atoms with Crippen molar-refractivity contribution in [2.75, 3.05) is 19.6 Å². The predicted octanol–water partition coefficient (Wildman–Crippen LogP) is 1.09. The summed E-state index contributed by atoms with van der Waals surface area (Å²) in [5, 5.41) is 0. The van der Waals surface area contributed by atoms with Gasteiger partial charge in [0.15, 0.2) is 0 Å². The van der Waals surface area contributed by atoms with E-state index in [2.05, 4.69) is 23.6 Å². The van der Waals surface area contributed by atoms with Crippen LogP contribution < -0.4 is 0 Å². The minimum atomic E-state index is 0.342. The van der Waals surface area contributed by atoms with Gasteiger partial charge >= 0.3 is 0 Å². The van der Waals surface area contributed by atoms with Crippen molar-refractivity contribution in [1.82, 2.24) is 9.80 Å². The van der Waals surface area contributed by atoms with E-state index >= 15 is 0 Å².